The molecule has 0 atom stereocenters. The molecule has 0 amide bonds. The van der Waals surface area contributed by atoms with Gasteiger partial charge in [0.25, 0.3) is 0 Å². The van der Waals surface area contributed by atoms with E-state index in [0.717, 1.165) is 5.69 Å². The summed E-state index contributed by atoms with van der Waals surface area (Å²) in [6, 6.07) is 9.45. The van der Waals surface area contributed by atoms with Gasteiger partial charge in [0.1, 0.15) is 12.1 Å². The molecule has 1 heterocycles. The third-order valence-electron chi connectivity index (χ3n) is 3.21. The maximum absolute atomic E-state index is 13.3. The average molecular weight is 270 g/mol. The second-order valence-electron chi connectivity index (χ2n) is 4.56. The highest BCUT2D eigenvalue weighted by Crippen LogP contribution is 2.21. The molecule has 0 bridgehead atoms. The summed E-state index contributed by atoms with van der Waals surface area (Å²) in [5, 5.41) is 9.04. The molecule has 0 radical (unpaired) electrons. The largest absolute Gasteiger partial charge is 0.478 e. The van der Waals surface area contributed by atoms with Crippen LogP contribution in [0.15, 0.2) is 42.7 Å². The maximum Gasteiger partial charge on any atom is 0.335 e. The SMILES string of the molecule is Cc1cc(-n2cnc3ccc(C(=O)O)cc32)ccc1F. The van der Waals surface area contributed by atoms with Crippen molar-refractivity contribution in [1.82, 2.24) is 9.55 Å². The zero-order valence-electron chi connectivity index (χ0n) is 10.7. The van der Waals surface area contributed by atoms with Crippen LogP contribution in [0.3, 0.4) is 0 Å². The first-order valence-corrected chi connectivity index (χ1v) is 6.03. The van der Waals surface area contributed by atoms with E-state index >= 15 is 0 Å². The standard InChI is InChI=1S/C15H11FN2O2/c1-9-6-11(3-4-12(9)16)18-8-17-13-5-2-10(15(19)20)7-14(13)18/h2-8H,1H3,(H,19,20). The summed E-state index contributed by atoms with van der Waals surface area (Å²) >= 11 is 0. The molecule has 0 spiro atoms. The molecule has 1 N–H and O–H groups in total. The zero-order valence-corrected chi connectivity index (χ0v) is 10.7. The Morgan fingerprint density at radius 3 is 2.75 bits per heavy atom. The number of carboxylic acids is 1. The summed E-state index contributed by atoms with van der Waals surface area (Å²) in [4.78, 5) is 15.3. The van der Waals surface area contributed by atoms with Crippen molar-refractivity contribution in [3.05, 3.63) is 59.7 Å². The van der Waals surface area contributed by atoms with Gasteiger partial charge in [-0.1, -0.05) is 0 Å². The van der Waals surface area contributed by atoms with E-state index in [0.29, 0.717) is 16.6 Å². The van der Waals surface area contributed by atoms with Crippen LogP contribution in [0.25, 0.3) is 16.7 Å². The molecule has 3 rings (SSSR count). The number of carboxylic acid groups (broad SMARTS) is 1. The van der Waals surface area contributed by atoms with Crippen molar-refractivity contribution >= 4 is 17.0 Å². The lowest BCUT2D eigenvalue weighted by molar-refractivity contribution is 0.0697. The number of rotatable bonds is 2. The van der Waals surface area contributed by atoms with E-state index in [1.165, 1.54) is 12.1 Å². The van der Waals surface area contributed by atoms with Gasteiger partial charge in [-0.2, -0.15) is 0 Å². The Morgan fingerprint density at radius 1 is 1.25 bits per heavy atom. The fraction of sp³-hybridized carbons (Fsp3) is 0.0667. The van der Waals surface area contributed by atoms with Gasteiger partial charge < -0.3 is 5.11 Å². The van der Waals surface area contributed by atoms with E-state index in [4.69, 9.17) is 5.11 Å². The molecule has 4 nitrogen and oxygen atoms in total. The molecule has 0 fully saturated rings. The predicted octanol–water partition coefficient (Wildman–Crippen LogP) is 3.17. The number of aromatic nitrogens is 2. The maximum atomic E-state index is 13.3. The number of aromatic carboxylic acids is 1. The monoisotopic (exact) mass is 270 g/mol. The van der Waals surface area contributed by atoms with E-state index in [2.05, 4.69) is 4.98 Å². The Balaban J connectivity index is 2.22. The van der Waals surface area contributed by atoms with Crippen molar-refractivity contribution in [2.45, 2.75) is 6.92 Å². The second-order valence-corrected chi connectivity index (χ2v) is 4.56. The lowest BCUT2D eigenvalue weighted by Crippen LogP contribution is -1.98. The molecule has 3 aromatic rings. The van der Waals surface area contributed by atoms with Crippen LogP contribution >= 0.6 is 0 Å². The summed E-state index contributed by atoms with van der Waals surface area (Å²) in [6.45, 7) is 1.68. The molecular weight excluding hydrogens is 259 g/mol. The van der Waals surface area contributed by atoms with Crippen molar-refractivity contribution in [2.75, 3.05) is 0 Å². The van der Waals surface area contributed by atoms with Crippen LogP contribution in [0.1, 0.15) is 15.9 Å². The Kier molecular flexibility index (Phi) is 2.75. The smallest absolute Gasteiger partial charge is 0.335 e. The summed E-state index contributed by atoms with van der Waals surface area (Å²) in [6.07, 6.45) is 1.60. The lowest BCUT2D eigenvalue weighted by atomic mass is 10.2. The van der Waals surface area contributed by atoms with Crippen molar-refractivity contribution in [3.63, 3.8) is 0 Å². The number of nitrogens with zero attached hydrogens (tertiary/aromatic N) is 2. The quantitative estimate of drug-likeness (QED) is 0.778. The van der Waals surface area contributed by atoms with Gasteiger partial charge in [-0.25, -0.2) is 14.2 Å². The first-order chi connectivity index (χ1) is 9.56. The first-order valence-electron chi connectivity index (χ1n) is 6.03. The van der Waals surface area contributed by atoms with Gasteiger partial charge in [0.05, 0.1) is 16.6 Å². The predicted molar refractivity (Wildman–Crippen MR) is 72.7 cm³/mol. The van der Waals surface area contributed by atoms with Crippen molar-refractivity contribution in [2.24, 2.45) is 0 Å². The van der Waals surface area contributed by atoms with Crippen molar-refractivity contribution in [1.29, 1.82) is 0 Å². The highest BCUT2D eigenvalue weighted by molar-refractivity contribution is 5.92. The number of carbonyl (C=O) groups is 1. The van der Waals surface area contributed by atoms with Gasteiger partial charge in [-0.05, 0) is 48.9 Å². The fourth-order valence-electron chi connectivity index (χ4n) is 2.13. The highest BCUT2D eigenvalue weighted by atomic mass is 19.1. The van der Waals surface area contributed by atoms with Crippen molar-refractivity contribution < 1.29 is 14.3 Å². The molecule has 5 heteroatoms. The minimum Gasteiger partial charge on any atom is -0.478 e. The fourth-order valence-corrected chi connectivity index (χ4v) is 2.13. The third kappa shape index (κ3) is 1.93. The summed E-state index contributed by atoms with van der Waals surface area (Å²) in [5.74, 6) is -1.26. The van der Waals surface area contributed by atoms with E-state index in [1.54, 1.807) is 42.1 Å². The molecular formula is C15H11FN2O2. The number of benzene rings is 2. The Hall–Kier alpha value is -2.69. The number of aryl methyl sites for hydroxylation is 1. The number of fused-ring (bicyclic) bond motifs is 1. The van der Waals surface area contributed by atoms with Crippen LogP contribution in [-0.4, -0.2) is 20.6 Å². The molecule has 20 heavy (non-hydrogen) atoms. The van der Waals surface area contributed by atoms with Crippen LogP contribution in [0.2, 0.25) is 0 Å². The minimum absolute atomic E-state index is 0.193. The van der Waals surface area contributed by atoms with Crippen LogP contribution < -0.4 is 0 Å². The molecule has 0 aliphatic carbocycles. The van der Waals surface area contributed by atoms with Gasteiger partial charge in [-0.15, -0.1) is 0 Å². The molecule has 0 unspecified atom stereocenters. The van der Waals surface area contributed by atoms with Gasteiger partial charge in [-0.3, -0.25) is 4.57 Å². The summed E-state index contributed by atoms with van der Waals surface area (Å²) in [7, 11) is 0. The van der Waals surface area contributed by atoms with Crippen molar-refractivity contribution in [3.8, 4) is 5.69 Å². The van der Waals surface area contributed by atoms with E-state index < -0.39 is 5.97 Å². The zero-order chi connectivity index (χ0) is 14.3. The Bertz CT molecular complexity index is 824. The topological polar surface area (TPSA) is 55.1 Å². The summed E-state index contributed by atoms with van der Waals surface area (Å²) in [5.41, 5.74) is 2.83. The minimum atomic E-state index is -0.991. The van der Waals surface area contributed by atoms with Crippen LogP contribution in [0, 0.1) is 12.7 Å². The normalized spacial score (nSPS) is 10.9. The molecule has 0 aliphatic rings. The van der Waals surface area contributed by atoms with Gasteiger partial charge in [0.2, 0.25) is 0 Å². The number of hydrogen-bond acceptors (Lipinski definition) is 2. The molecule has 0 aliphatic heterocycles. The van der Waals surface area contributed by atoms with Gasteiger partial charge >= 0.3 is 5.97 Å². The first kappa shape index (κ1) is 12.3. The van der Waals surface area contributed by atoms with E-state index in [9.17, 15) is 9.18 Å². The highest BCUT2D eigenvalue weighted by Gasteiger charge is 2.10. The number of imidazole rings is 1. The average Bonchev–Trinajstić information content (AvgIpc) is 2.84. The molecule has 0 saturated heterocycles. The van der Waals surface area contributed by atoms with E-state index in [-0.39, 0.29) is 11.4 Å². The Labute approximate surface area is 114 Å². The van der Waals surface area contributed by atoms with Crippen LogP contribution in [0.4, 0.5) is 4.39 Å². The number of hydrogen-bond donors (Lipinski definition) is 1. The molecule has 2 aromatic carbocycles. The molecule has 1 aromatic heterocycles. The van der Waals surface area contributed by atoms with Gasteiger partial charge in [0, 0.05) is 5.69 Å². The molecule has 100 valence electrons. The second kappa shape index (κ2) is 4.45. The third-order valence-corrected chi connectivity index (χ3v) is 3.21. The van der Waals surface area contributed by atoms with Crippen LogP contribution in [-0.2, 0) is 0 Å². The molecule has 0 saturated carbocycles. The van der Waals surface area contributed by atoms with Gasteiger partial charge in [0.15, 0.2) is 0 Å². The van der Waals surface area contributed by atoms with E-state index in [1.807, 2.05) is 0 Å². The Morgan fingerprint density at radius 2 is 2.05 bits per heavy atom. The summed E-state index contributed by atoms with van der Waals surface area (Å²) < 4.78 is 15.1. The lowest BCUT2D eigenvalue weighted by Gasteiger charge is -2.06. The van der Waals surface area contributed by atoms with Crippen LogP contribution in [0.5, 0.6) is 0 Å². The number of halogens is 1.